The summed E-state index contributed by atoms with van der Waals surface area (Å²) in [5.41, 5.74) is 0.377. The van der Waals surface area contributed by atoms with Crippen LogP contribution in [-0.4, -0.2) is 18.1 Å². The second-order valence-corrected chi connectivity index (χ2v) is 3.22. The lowest BCUT2D eigenvalue weighted by molar-refractivity contribution is -0.384. The van der Waals surface area contributed by atoms with Gasteiger partial charge in [0.05, 0.1) is 11.5 Å². The number of terminal acetylenes is 1. The smallest absolute Gasteiger partial charge is 0.333 e. The lowest BCUT2D eigenvalue weighted by Crippen LogP contribution is -2.05. The van der Waals surface area contributed by atoms with Gasteiger partial charge in [0.1, 0.15) is 5.69 Å². The summed E-state index contributed by atoms with van der Waals surface area (Å²) >= 11 is 0. The molecule has 0 aromatic heterocycles. The molecule has 0 aliphatic heterocycles. The average Bonchev–Trinajstić information content (AvgIpc) is 2.29. The number of para-hydroxylation sites is 1. The Labute approximate surface area is 99.9 Å². The molecule has 1 N–H and O–H groups in total. The number of rotatable bonds is 6. The summed E-state index contributed by atoms with van der Waals surface area (Å²) in [4.78, 5) is 10.5. The molecule has 0 amide bonds. The molecular formula is C12H14N2O3. The van der Waals surface area contributed by atoms with E-state index in [2.05, 4.69) is 11.2 Å². The fraction of sp³-hybridized carbons (Fsp3) is 0.333. The molecule has 1 aromatic rings. The van der Waals surface area contributed by atoms with Gasteiger partial charge in [-0.3, -0.25) is 10.1 Å². The summed E-state index contributed by atoms with van der Waals surface area (Å²) in [5.74, 6) is 2.73. The van der Waals surface area contributed by atoms with E-state index in [1.54, 1.807) is 25.1 Å². The van der Waals surface area contributed by atoms with Crippen LogP contribution < -0.4 is 10.1 Å². The molecule has 0 aliphatic carbocycles. The van der Waals surface area contributed by atoms with E-state index in [4.69, 9.17) is 11.2 Å². The molecule has 5 nitrogen and oxygen atoms in total. The van der Waals surface area contributed by atoms with Crippen LogP contribution in [0.3, 0.4) is 0 Å². The van der Waals surface area contributed by atoms with Gasteiger partial charge < -0.3 is 10.1 Å². The quantitative estimate of drug-likeness (QED) is 0.355. The van der Waals surface area contributed by atoms with Gasteiger partial charge in [0.25, 0.3) is 0 Å². The molecule has 17 heavy (non-hydrogen) atoms. The van der Waals surface area contributed by atoms with Crippen molar-refractivity contribution in [2.24, 2.45) is 0 Å². The Hall–Kier alpha value is -2.22. The van der Waals surface area contributed by atoms with Gasteiger partial charge in [0, 0.05) is 13.0 Å². The van der Waals surface area contributed by atoms with Gasteiger partial charge in [-0.2, -0.15) is 0 Å². The lowest BCUT2D eigenvalue weighted by atomic mass is 10.2. The first-order valence-electron chi connectivity index (χ1n) is 5.28. The van der Waals surface area contributed by atoms with Gasteiger partial charge in [0.2, 0.25) is 0 Å². The average molecular weight is 234 g/mol. The van der Waals surface area contributed by atoms with Gasteiger partial charge in [-0.25, -0.2) is 0 Å². The Bertz CT molecular complexity index is 438. The highest BCUT2D eigenvalue weighted by atomic mass is 16.6. The van der Waals surface area contributed by atoms with Gasteiger partial charge >= 0.3 is 5.69 Å². The van der Waals surface area contributed by atoms with Crippen molar-refractivity contribution in [3.63, 3.8) is 0 Å². The van der Waals surface area contributed by atoms with Gasteiger partial charge in [-0.15, -0.1) is 12.3 Å². The second-order valence-electron chi connectivity index (χ2n) is 3.22. The van der Waals surface area contributed by atoms with Crippen LogP contribution in [0.25, 0.3) is 0 Å². The number of benzene rings is 1. The highest BCUT2D eigenvalue weighted by Crippen LogP contribution is 2.34. The number of nitro benzene ring substituents is 1. The molecule has 0 saturated heterocycles. The Morgan fingerprint density at radius 1 is 1.59 bits per heavy atom. The van der Waals surface area contributed by atoms with Crippen molar-refractivity contribution in [3.05, 3.63) is 28.3 Å². The first-order chi connectivity index (χ1) is 8.20. The number of nitrogens with zero attached hydrogens (tertiary/aromatic N) is 1. The molecule has 0 bridgehead atoms. The van der Waals surface area contributed by atoms with Crippen LogP contribution in [0.4, 0.5) is 11.4 Å². The molecule has 5 heteroatoms. The summed E-state index contributed by atoms with van der Waals surface area (Å²) in [6.07, 6.45) is 5.63. The van der Waals surface area contributed by atoms with E-state index in [1.165, 1.54) is 0 Å². The number of nitrogens with one attached hydrogen (secondary N) is 1. The molecule has 0 heterocycles. The zero-order chi connectivity index (χ0) is 12.7. The van der Waals surface area contributed by atoms with E-state index in [-0.39, 0.29) is 11.4 Å². The van der Waals surface area contributed by atoms with Crippen LogP contribution >= 0.6 is 0 Å². The Balaban J connectivity index is 2.99. The molecule has 0 atom stereocenters. The molecule has 90 valence electrons. The highest BCUT2D eigenvalue weighted by molar-refractivity contribution is 5.68. The van der Waals surface area contributed by atoms with Crippen LogP contribution in [0.15, 0.2) is 18.2 Å². The SMILES string of the molecule is C#CCCNc1cccc(OCC)c1[N+](=O)[O-]. The van der Waals surface area contributed by atoms with Crippen LogP contribution in [-0.2, 0) is 0 Å². The Morgan fingerprint density at radius 2 is 2.35 bits per heavy atom. The first-order valence-corrected chi connectivity index (χ1v) is 5.28. The van der Waals surface area contributed by atoms with Gasteiger partial charge in [0.15, 0.2) is 5.75 Å². The van der Waals surface area contributed by atoms with Crippen molar-refractivity contribution >= 4 is 11.4 Å². The summed E-state index contributed by atoms with van der Waals surface area (Å²) in [6, 6.07) is 4.92. The van der Waals surface area contributed by atoms with Crippen molar-refractivity contribution in [2.45, 2.75) is 13.3 Å². The number of hydrogen-bond donors (Lipinski definition) is 1. The van der Waals surface area contributed by atoms with Crippen molar-refractivity contribution < 1.29 is 9.66 Å². The van der Waals surface area contributed by atoms with Crippen LogP contribution in [0.2, 0.25) is 0 Å². The maximum atomic E-state index is 11.0. The zero-order valence-electron chi connectivity index (χ0n) is 9.60. The minimum absolute atomic E-state index is 0.0497. The molecular weight excluding hydrogens is 220 g/mol. The van der Waals surface area contributed by atoms with Crippen molar-refractivity contribution in [3.8, 4) is 18.1 Å². The summed E-state index contributed by atoms with van der Waals surface area (Å²) in [7, 11) is 0. The fourth-order valence-corrected chi connectivity index (χ4v) is 1.39. The van der Waals surface area contributed by atoms with E-state index in [1.807, 2.05) is 0 Å². The number of hydrogen-bond acceptors (Lipinski definition) is 4. The summed E-state index contributed by atoms with van der Waals surface area (Å²) in [5, 5.41) is 13.9. The zero-order valence-corrected chi connectivity index (χ0v) is 9.60. The predicted octanol–water partition coefficient (Wildman–Crippen LogP) is 2.43. The topological polar surface area (TPSA) is 64.4 Å². The normalized spacial score (nSPS) is 9.41. The van der Waals surface area contributed by atoms with E-state index in [0.717, 1.165) is 0 Å². The summed E-state index contributed by atoms with van der Waals surface area (Å²) in [6.45, 7) is 2.66. The fourth-order valence-electron chi connectivity index (χ4n) is 1.39. The third-order valence-electron chi connectivity index (χ3n) is 2.07. The number of ether oxygens (including phenoxy) is 1. The highest BCUT2D eigenvalue weighted by Gasteiger charge is 2.20. The Kier molecular flexibility index (Phi) is 4.82. The molecule has 0 aliphatic rings. The number of nitro groups is 1. The lowest BCUT2D eigenvalue weighted by Gasteiger charge is -2.09. The Morgan fingerprint density at radius 3 is 2.94 bits per heavy atom. The first kappa shape index (κ1) is 12.8. The van der Waals surface area contributed by atoms with Crippen LogP contribution in [0.1, 0.15) is 13.3 Å². The van der Waals surface area contributed by atoms with E-state index in [0.29, 0.717) is 25.3 Å². The third kappa shape index (κ3) is 3.38. The van der Waals surface area contributed by atoms with Crippen molar-refractivity contribution in [1.82, 2.24) is 0 Å². The molecule has 0 saturated carbocycles. The number of anilines is 1. The third-order valence-corrected chi connectivity index (χ3v) is 2.07. The van der Waals surface area contributed by atoms with Crippen molar-refractivity contribution in [1.29, 1.82) is 0 Å². The van der Waals surface area contributed by atoms with E-state index < -0.39 is 4.92 Å². The van der Waals surface area contributed by atoms with Gasteiger partial charge in [-0.05, 0) is 19.1 Å². The molecule has 0 unspecified atom stereocenters. The monoisotopic (exact) mass is 234 g/mol. The molecule has 1 rings (SSSR count). The van der Waals surface area contributed by atoms with Crippen LogP contribution in [0, 0.1) is 22.5 Å². The maximum absolute atomic E-state index is 11.0. The molecule has 1 aromatic carbocycles. The van der Waals surface area contributed by atoms with Gasteiger partial charge in [-0.1, -0.05) is 6.07 Å². The summed E-state index contributed by atoms with van der Waals surface area (Å²) < 4.78 is 5.22. The van der Waals surface area contributed by atoms with E-state index >= 15 is 0 Å². The minimum atomic E-state index is -0.455. The maximum Gasteiger partial charge on any atom is 0.333 e. The minimum Gasteiger partial charge on any atom is -0.487 e. The predicted molar refractivity (Wildman–Crippen MR) is 66.2 cm³/mol. The molecule has 0 radical (unpaired) electrons. The van der Waals surface area contributed by atoms with Crippen molar-refractivity contribution in [2.75, 3.05) is 18.5 Å². The standard InChI is InChI=1S/C12H14N2O3/c1-3-5-9-13-10-7-6-8-11(17-4-2)12(10)14(15)16/h1,6-8,13H,4-5,9H2,2H3. The largest absolute Gasteiger partial charge is 0.487 e. The molecule has 0 fully saturated rings. The van der Waals surface area contributed by atoms with E-state index in [9.17, 15) is 10.1 Å². The van der Waals surface area contributed by atoms with Crippen LogP contribution in [0.5, 0.6) is 5.75 Å². The molecule has 0 spiro atoms. The second kappa shape index (κ2) is 6.38.